The predicted molar refractivity (Wildman–Crippen MR) is 84.8 cm³/mol. The zero-order chi connectivity index (χ0) is 17.7. The molecule has 0 atom stereocenters. The van der Waals surface area contributed by atoms with Crippen LogP contribution in [0, 0.1) is 10.1 Å². The zero-order valence-corrected chi connectivity index (χ0v) is 13.1. The first-order valence-electron chi connectivity index (χ1n) is 6.83. The number of allylic oxidation sites excluding steroid dienone is 1. The third-order valence-corrected chi connectivity index (χ3v) is 3.97. The van der Waals surface area contributed by atoms with E-state index in [0.29, 0.717) is 6.07 Å². The molecular weight excluding hydrogens is 343 g/mol. The van der Waals surface area contributed by atoms with E-state index in [1.165, 1.54) is 17.4 Å². The predicted octanol–water partition coefficient (Wildman–Crippen LogP) is 4.89. The molecule has 0 aliphatic heterocycles. The first-order valence-corrected chi connectivity index (χ1v) is 7.71. The smallest absolute Gasteiger partial charge is 0.299 e. The minimum absolute atomic E-state index is 0.0796. The van der Waals surface area contributed by atoms with Crippen molar-refractivity contribution < 1.29 is 22.9 Å². The van der Waals surface area contributed by atoms with Gasteiger partial charge < -0.3 is 0 Å². The maximum atomic E-state index is 12.9. The van der Waals surface area contributed by atoms with Gasteiger partial charge in [0.25, 0.3) is 5.69 Å². The van der Waals surface area contributed by atoms with Gasteiger partial charge in [-0.3, -0.25) is 14.9 Å². The van der Waals surface area contributed by atoms with Gasteiger partial charge in [-0.05, 0) is 29.2 Å². The van der Waals surface area contributed by atoms with Crippen LogP contribution in [0.2, 0.25) is 0 Å². The summed E-state index contributed by atoms with van der Waals surface area (Å²) in [6.07, 6.45) is -1.57. The Morgan fingerprint density at radius 1 is 1.29 bits per heavy atom. The summed E-state index contributed by atoms with van der Waals surface area (Å²) in [5.74, 6) is -0.273. The lowest BCUT2D eigenvalue weighted by molar-refractivity contribution is -0.388. The average molecular weight is 355 g/mol. The van der Waals surface area contributed by atoms with Crippen LogP contribution in [-0.4, -0.2) is 10.7 Å². The highest BCUT2D eigenvalue weighted by Crippen LogP contribution is 2.36. The Balaban J connectivity index is 2.09. The number of hydrogen-bond donors (Lipinski definition) is 0. The minimum atomic E-state index is -4.85. The maximum absolute atomic E-state index is 12.9. The molecule has 2 aromatic rings. The molecule has 0 fully saturated rings. The highest BCUT2D eigenvalue weighted by atomic mass is 32.1. The first-order chi connectivity index (χ1) is 11.3. The van der Waals surface area contributed by atoms with E-state index in [-0.39, 0.29) is 24.2 Å². The van der Waals surface area contributed by atoms with Crippen LogP contribution < -0.4 is 0 Å². The normalized spacial score (nSPS) is 11.8. The highest BCUT2D eigenvalue weighted by Gasteiger charge is 2.38. The Morgan fingerprint density at radius 2 is 2.04 bits per heavy atom. The molecule has 0 aliphatic rings. The summed E-state index contributed by atoms with van der Waals surface area (Å²) in [5, 5.41) is 12.6. The molecule has 1 aromatic carbocycles. The first kappa shape index (κ1) is 17.9. The Labute approximate surface area is 139 Å². The van der Waals surface area contributed by atoms with Crippen molar-refractivity contribution in [2.45, 2.75) is 19.0 Å². The van der Waals surface area contributed by atoms with Gasteiger partial charge in [-0.15, -0.1) is 11.3 Å². The Kier molecular flexibility index (Phi) is 5.50. The average Bonchev–Trinajstić information content (AvgIpc) is 2.99. The second kappa shape index (κ2) is 7.39. The molecule has 24 heavy (non-hydrogen) atoms. The van der Waals surface area contributed by atoms with Crippen LogP contribution in [0.25, 0.3) is 6.08 Å². The van der Waals surface area contributed by atoms with E-state index < -0.39 is 22.4 Å². The van der Waals surface area contributed by atoms with Gasteiger partial charge in [0.1, 0.15) is 11.3 Å². The van der Waals surface area contributed by atoms with Gasteiger partial charge >= 0.3 is 6.18 Å². The van der Waals surface area contributed by atoms with Crippen molar-refractivity contribution in [2.24, 2.45) is 0 Å². The molecule has 0 bridgehead atoms. The van der Waals surface area contributed by atoms with Gasteiger partial charge in [-0.25, -0.2) is 0 Å². The zero-order valence-electron chi connectivity index (χ0n) is 12.2. The summed E-state index contributed by atoms with van der Waals surface area (Å²) in [7, 11) is 0. The Hall–Kier alpha value is -2.48. The molecule has 1 heterocycles. The van der Waals surface area contributed by atoms with Crippen molar-refractivity contribution in [1.82, 2.24) is 0 Å². The van der Waals surface area contributed by atoms with E-state index >= 15 is 0 Å². The molecule has 0 aliphatic carbocycles. The number of rotatable bonds is 6. The van der Waals surface area contributed by atoms with Gasteiger partial charge in [0.2, 0.25) is 0 Å². The van der Waals surface area contributed by atoms with Crippen molar-refractivity contribution in [2.75, 3.05) is 0 Å². The molecule has 126 valence electrons. The number of carbonyl (C=O) groups is 1. The van der Waals surface area contributed by atoms with Crippen LogP contribution in [0.3, 0.4) is 0 Å². The van der Waals surface area contributed by atoms with Gasteiger partial charge in [0.15, 0.2) is 0 Å². The molecule has 0 radical (unpaired) electrons. The highest BCUT2D eigenvalue weighted by molar-refractivity contribution is 7.10. The summed E-state index contributed by atoms with van der Waals surface area (Å²) in [4.78, 5) is 22.4. The summed E-state index contributed by atoms with van der Waals surface area (Å²) in [5.41, 5.74) is -2.26. The minimum Gasteiger partial charge on any atom is -0.299 e. The number of thiophene rings is 1. The lowest BCUT2D eigenvalue weighted by Gasteiger charge is -2.09. The van der Waals surface area contributed by atoms with E-state index in [9.17, 15) is 28.1 Å². The number of halogens is 3. The largest absolute Gasteiger partial charge is 0.423 e. The second-order valence-corrected chi connectivity index (χ2v) is 5.92. The lowest BCUT2D eigenvalue weighted by atomic mass is 10.0. The van der Waals surface area contributed by atoms with Gasteiger partial charge in [-0.1, -0.05) is 18.2 Å². The lowest BCUT2D eigenvalue weighted by Crippen LogP contribution is -2.10. The fraction of sp³-hybridized carbons (Fsp3) is 0.188. The van der Waals surface area contributed by atoms with Crippen LogP contribution in [0.5, 0.6) is 0 Å². The number of hydrogen-bond acceptors (Lipinski definition) is 4. The third-order valence-electron chi connectivity index (χ3n) is 3.14. The summed E-state index contributed by atoms with van der Waals surface area (Å²) < 4.78 is 38.7. The fourth-order valence-electron chi connectivity index (χ4n) is 2.07. The van der Waals surface area contributed by atoms with Crippen molar-refractivity contribution in [3.8, 4) is 0 Å². The number of nitro groups is 1. The fourth-order valence-corrected chi connectivity index (χ4v) is 2.72. The monoisotopic (exact) mass is 355 g/mol. The van der Waals surface area contributed by atoms with Crippen LogP contribution >= 0.6 is 11.3 Å². The summed E-state index contributed by atoms with van der Waals surface area (Å²) >= 11 is 1.50. The number of carbonyl (C=O) groups excluding carboxylic acids is 1. The molecule has 0 saturated heterocycles. The number of benzene rings is 1. The Morgan fingerprint density at radius 3 is 2.62 bits per heavy atom. The SMILES string of the molecule is O=C(C/C=C/c1cccs1)Cc1ccc([N+](=O)[O-])c(C(F)(F)F)c1. The van der Waals surface area contributed by atoms with E-state index in [2.05, 4.69) is 0 Å². The molecule has 4 nitrogen and oxygen atoms in total. The molecular formula is C16H12F3NO3S. The standard InChI is InChI=1S/C16H12F3NO3S/c17-16(18,19)14-10-11(6-7-15(14)20(22)23)9-12(21)3-1-4-13-5-2-8-24-13/h1-2,4-8,10H,3,9H2/b4-1+. The van der Waals surface area contributed by atoms with Gasteiger partial charge in [0.05, 0.1) is 4.92 Å². The molecule has 0 spiro atoms. The molecule has 1 aromatic heterocycles. The van der Waals surface area contributed by atoms with Crippen LogP contribution in [0.15, 0.2) is 41.8 Å². The molecule has 0 saturated carbocycles. The summed E-state index contributed by atoms with van der Waals surface area (Å²) in [6, 6.07) is 6.36. The Bertz CT molecular complexity index is 767. The van der Waals surface area contributed by atoms with Crippen LogP contribution in [0.1, 0.15) is 22.4 Å². The number of nitrogens with zero attached hydrogens (tertiary/aromatic N) is 1. The van der Waals surface area contributed by atoms with E-state index in [4.69, 9.17) is 0 Å². The topological polar surface area (TPSA) is 60.2 Å². The third kappa shape index (κ3) is 4.76. The number of ketones is 1. The molecule has 0 unspecified atom stereocenters. The number of nitro benzene ring substituents is 1. The molecule has 2 rings (SSSR count). The number of alkyl halides is 3. The van der Waals surface area contributed by atoms with Crippen LogP contribution in [0.4, 0.5) is 18.9 Å². The quantitative estimate of drug-likeness (QED) is 0.547. The van der Waals surface area contributed by atoms with Crippen molar-refractivity contribution in [1.29, 1.82) is 0 Å². The molecule has 0 amide bonds. The second-order valence-electron chi connectivity index (χ2n) is 4.94. The van der Waals surface area contributed by atoms with E-state index in [1.807, 2.05) is 17.5 Å². The van der Waals surface area contributed by atoms with E-state index in [1.54, 1.807) is 12.2 Å². The van der Waals surface area contributed by atoms with Crippen molar-refractivity contribution in [3.05, 3.63) is 67.9 Å². The van der Waals surface area contributed by atoms with Crippen molar-refractivity contribution in [3.63, 3.8) is 0 Å². The van der Waals surface area contributed by atoms with Crippen molar-refractivity contribution >= 4 is 28.9 Å². The summed E-state index contributed by atoms with van der Waals surface area (Å²) in [6.45, 7) is 0. The van der Waals surface area contributed by atoms with E-state index in [0.717, 1.165) is 10.9 Å². The van der Waals surface area contributed by atoms with Gasteiger partial charge in [0, 0.05) is 23.8 Å². The van der Waals surface area contributed by atoms with Gasteiger partial charge in [-0.2, -0.15) is 13.2 Å². The number of Topliss-reactive ketones (excluding diaryl/α,β-unsaturated/α-hetero) is 1. The molecule has 0 N–H and O–H groups in total. The molecule has 8 heteroatoms. The van der Waals surface area contributed by atoms with Crippen LogP contribution in [-0.2, 0) is 17.4 Å². The maximum Gasteiger partial charge on any atom is 0.423 e.